The third kappa shape index (κ3) is 4.80. The van der Waals surface area contributed by atoms with Gasteiger partial charge in [0.15, 0.2) is 0 Å². The van der Waals surface area contributed by atoms with E-state index in [4.69, 9.17) is 0 Å². The number of pyridine rings is 3. The van der Waals surface area contributed by atoms with E-state index < -0.39 is 0 Å². The van der Waals surface area contributed by atoms with Crippen molar-refractivity contribution in [2.75, 3.05) is 4.90 Å². The first-order valence-electron chi connectivity index (χ1n) is 9.40. The van der Waals surface area contributed by atoms with Crippen molar-refractivity contribution in [1.82, 2.24) is 15.0 Å². The van der Waals surface area contributed by atoms with E-state index in [0.717, 1.165) is 42.3 Å². The summed E-state index contributed by atoms with van der Waals surface area (Å²) < 4.78 is 0. The van der Waals surface area contributed by atoms with E-state index in [0.29, 0.717) is 0 Å². The molecule has 0 radical (unpaired) electrons. The molecule has 0 atom stereocenters. The molecule has 0 saturated carbocycles. The SMILES string of the molecule is c1ccc(Cc2ccc(N(Cc3ccccn3)Cc3ccccn3)cc2)nc1. The molecule has 0 bridgehead atoms. The zero-order valence-corrected chi connectivity index (χ0v) is 15.6. The molecule has 0 spiro atoms. The van der Waals surface area contributed by atoms with Gasteiger partial charge in [0.05, 0.1) is 24.5 Å². The van der Waals surface area contributed by atoms with Gasteiger partial charge in [0, 0.05) is 36.4 Å². The van der Waals surface area contributed by atoms with Gasteiger partial charge in [0.25, 0.3) is 0 Å². The third-order valence-electron chi connectivity index (χ3n) is 4.57. The molecule has 1 aromatic carbocycles. The fourth-order valence-electron chi connectivity index (χ4n) is 3.15. The zero-order valence-electron chi connectivity index (χ0n) is 15.6. The van der Waals surface area contributed by atoms with Crippen LogP contribution in [-0.2, 0) is 19.5 Å². The summed E-state index contributed by atoms with van der Waals surface area (Å²) in [6.45, 7) is 1.47. The van der Waals surface area contributed by atoms with Gasteiger partial charge in [-0.2, -0.15) is 0 Å². The smallest absolute Gasteiger partial charge is 0.0606 e. The van der Waals surface area contributed by atoms with Crippen molar-refractivity contribution in [2.24, 2.45) is 0 Å². The third-order valence-corrected chi connectivity index (χ3v) is 4.57. The summed E-state index contributed by atoms with van der Waals surface area (Å²) in [5.41, 5.74) is 5.56. The standard InChI is InChI=1S/C24H22N4/c1-4-14-25-21(7-1)17-20-10-12-24(13-11-20)28(18-22-8-2-5-15-26-22)19-23-9-3-6-16-27-23/h1-16H,17-19H2. The molecule has 0 N–H and O–H groups in total. The van der Waals surface area contributed by atoms with Gasteiger partial charge < -0.3 is 4.90 Å². The Bertz CT molecular complexity index is 930. The van der Waals surface area contributed by atoms with Crippen LogP contribution >= 0.6 is 0 Å². The Morgan fingerprint density at radius 3 is 1.50 bits per heavy atom. The Morgan fingerprint density at radius 2 is 1.04 bits per heavy atom. The molecule has 138 valence electrons. The molecule has 4 rings (SSSR count). The molecule has 0 aliphatic rings. The summed E-state index contributed by atoms with van der Waals surface area (Å²) in [5.74, 6) is 0. The summed E-state index contributed by atoms with van der Waals surface area (Å²) in [6, 6.07) is 26.8. The van der Waals surface area contributed by atoms with Crippen molar-refractivity contribution in [1.29, 1.82) is 0 Å². The highest BCUT2D eigenvalue weighted by Crippen LogP contribution is 2.21. The number of nitrogens with zero attached hydrogens (tertiary/aromatic N) is 4. The van der Waals surface area contributed by atoms with Crippen LogP contribution in [0, 0.1) is 0 Å². The van der Waals surface area contributed by atoms with Crippen molar-refractivity contribution >= 4 is 5.69 Å². The average Bonchev–Trinajstić information content (AvgIpc) is 2.76. The number of hydrogen-bond donors (Lipinski definition) is 0. The Morgan fingerprint density at radius 1 is 0.536 bits per heavy atom. The van der Waals surface area contributed by atoms with Gasteiger partial charge in [-0.1, -0.05) is 30.3 Å². The molecule has 0 aliphatic carbocycles. The molecule has 4 nitrogen and oxygen atoms in total. The van der Waals surface area contributed by atoms with Crippen LogP contribution in [0.15, 0.2) is 97.5 Å². The first kappa shape index (κ1) is 17.9. The van der Waals surface area contributed by atoms with Gasteiger partial charge in [-0.3, -0.25) is 15.0 Å². The quantitative estimate of drug-likeness (QED) is 0.477. The topological polar surface area (TPSA) is 41.9 Å². The maximum Gasteiger partial charge on any atom is 0.0606 e. The van der Waals surface area contributed by atoms with Gasteiger partial charge >= 0.3 is 0 Å². The molecular weight excluding hydrogens is 344 g/mol. The molecule has 0 unspecified atom stereocenters. The zero-order chi connectivity index (χ0) is 19.0. The normalized spacial score (nSPS) is 10.6. The van der Waals surface area contributed by atoms with Crippen LogP contribution in [0.3, 0.4) is 0 Å². The fraction of sp³-hybridized carbons (Fsp3) is 0.125. The van der Waals surface area contributed by atoms with E-state index in [1.54, 1.807) is 0 Å². The van der Waals surface area contributed by atoms with Crippen molar-refractivity contribution < 1.29 is 0 Å². The van der Waals surface area contributed by atoms with E-state index in [2.05, 4.69) is 62.3 Å². The van der Waals surface area contributed by atoms with Crippen molar-refractivity contribution in [3.05, 3.63) is 120 Å². The predicted molar refractivity (Wildman–Crippen MR) is 112 cm³/mol. The van der Waals surface area contributed by atoms with Gasteiger partial charge in [-0.15, -0.1) is 0 Å². The molecule has 0 fully saturated rings. The van der Waals surface area contributed by atoms with E-state index in [1.807, 2.05) is 55.0 Å². The fourth-order valence-corrected chi connectivity index (χ4v) is 3.15. The average molecular weight is 366 g/mol. The lowest BCUT2D eigenvalue weighted by molar-refractivity contribution is 0.765. The second kappa shape index (κ2) is 8.91. The Hall–Kier alpha value is -3.53. The summed E-state index contributed by atoms with van der Waals surface area (Å²) in [4.78, 5) is 15.7. The van der Waals surface area contributed by atoms with Gasteiger partial charge in [-0.05, 0) is 54.1 Å². The van der Waals surface area contributed by atoms with Gasteiger partial charge in [0.1, 0.15) is 0 Å². The summed E-state index contributed by atoms with van der Waals surface area (Å²) >= 11 is 0. The molecule has 4 aromatic rings. The number of benzene rings is 1. The minimum atomic E-state index is 0.733. The Balaban J connectivity index is 1.54. The molecule has 3 heterocycles. The van der Waals surface area contributed by atoms with Gasteiger partial charge in [-0.25, -0.2) is 0 Å². The second-order valence-electron chi connectivity index (χ2n) is 6.66. The van der Waals surface area contributed by atoms with Gasteiger partial charge in [0.2, 0.25) is 0 Å². The first-order chi connectivity index (χ1) is 13.9. The summed E-state index contributed by atoms with van der Waals surface area (Å²) in [5, 5.41) is 0. The molecule has 0 amide bonds. The molecule has 28 heavy (non-hydrogen) atoms. The lowest BCUT2D eigenvalue weighted by Crippen LogP contribution is -2.23. The number of hydrogen-bond acceptors (Lipinski definition) is 4. The number of rotatable bonds is 7. The lowest BCUT2D eigenvalue weighted by atomic mass is 10.1. The second-order valence-corrected chi connectivity index (χ2v) is 6.66. The van der Waals surface area contributed by atoms with Crippen LogP contribution in [0.25, 0.3) is 0 Å². The first-order valence-corrected chi connectivity index (χ1v) is 9.40. The molecule has 0 saturated heterocycles. The summed E-state index contributed by atoms with van der Waals surface area (Å²) in [6.07, 6.45) is 6.35. The maximum atomic E-state index is 4.49. The van der Waals surface area contributed by atoms with Crippen molar-refractivity contribution in [2.45, 2.75) is 19.5 Å². The maximum absolute atomic E-state index is 4.49. The van der Waals surface area contributed by atoms with Crippen LogP contribution in [0.4, 0.5) is 5.69 Å². The number of anilines is 1. The van der Waals surface area contributed by atoms with Crippen LogP contribution < -0.4 is 4.90 Å². The number of aromatic nitrogens is 3. The molecular formula is C24H22N4. The Kier molecular flexibility index (Phi) is 5.68. The van der Waals surface area contributed by atoms with Crippen LogP contribution in [0.2, 0.25) is 0 Å². The van der Waals surface area contributed by atoms with Crippen molar-refractivity contribution in [3.8, 4) is 0 Å². The minimum absolute atomic E-state index is 0.733. The van der Waals surface area contributed by atoms with E-state index in [9.17, 15) is 0 Å². The Labute approximate surface area is 165 Å². The van der Waals surface area contributed by atoms with Crippen LogP contribution in [0.1, 0.15) is 22.6 Å². The minimum Gasteiger partial charge on any atom is -0.360 e. The van der Waals surface area contributed by atoms with Crippen LogP contribution in [0.5, 0.6) is 0 Å². The molecule has 3 aromatic heterocycles. The summed E-state index contributed by atoms with van der Waals surface area (Å²) in [7, 11) is 0. The van der Waals surface area contributed by atoms with E-state index in [-0.39, 0.29) is 0 Å². The monoisotopic (exact) mass is 366 g/mol. The molecule has 4 heteroatoms. The highest BCUT2D eigenvalue weighted by molar-refractivity contribution is 5.48. The van der Waals surface area contributed by atoms with Crippen LogP contribution in [-0.4, -0.2) is 15.0 Å². The van der Waals surface area contributed by atoms with E-state index in [1.165, 1.54) is 5.56 Å². The van der Waals surface area contributed by atoms with E-state index >= 15 is 0 Å². The lowest BCUT2D eigenvalue weighted by Gasteiger charge is -2.24. The predicted octanol–water partition coefficient (Wildman–Crippen LogP) is 4.67. The highest BCUT2D eigenvalue weighted by Gasteiger charge is 2.10. The van der Waals surface area contributed by atoms with Crippen molar-refractivity contribution in [3.63, 3.8) is 0 Å². The largest absolute Gasteiger partial charge is 0.360 e. The molecule has 0 aliphatic heterocycles. The highest BCUT2D eigenvalue weighted by atomic mass is 15.1.